The highest BCUT2D eigenvalue weighted by Gasteiger charge is 2.47. The smallest absolute Gasteiger partial charge is 0.229 e. The van der Waals surface area contributed by atoms with Crippen LogP contribution in [-0.2, 0) is 9.47 Å². The quantitative estimate of drug-likeness (QED) is 0.176. The van der Waals surface area contributed by atoms with Crippen LogP contribution in [0.3, 0.4) is 0 Å². The molecule has 0 aliphatic carbocycles. The Morgan fingerprint density at radius 1 is 0.619 bits per heavy atom. The third-order valence-corrected chi connectivity index (χ3v) is 7.77. The Morgan fingerprint density at radius 2 is 1.07 bits per heavy atom. The summed E-state index contributed by atoms with van der Waals surface area (Å²) in [6.45, 7) is -1.30. The molecule has 0 amide bonds. The molecule has 2 saturated heterocycles. The van der Waals surface area contributed by atoms with Crippen molar-refractivity contribution in [3.63, 3.8) is 0 Å². The Bertz CT molecular complexity index is 1160. The third-order valence-electron chi connectivity index (χ3n) is 7.77. The van der Waals surface area contributed by atoms with Crippen LogP contribution in [0.25, 0.3) is 0 Å². The molecule has 0 radical (unpaired) electrons. The first-order chi connectivity index (χ1) is 20.2. The zero-order chi connectivity index (χ0) is 30.7. The summed E-state index contributed by atoms with van der Waals surface area (Å²) in [5.41, 5.74) is 1.05. The summed E-state index contributed by atoms with van der Waals surface area (Å²) in [6, 6.07) is 6.29. The molecule has 2 fully saturated rings. The Kier molecular flexibility index (Phi) is 10.2. The van der Waals surface area contributed by atoms with Crippen molar-refractivity contribution >= 4 is 0 Å². The van der Waals surface area contributed by atoms with Gasteiger partial charge in [0.15, 0.2) is 23.0 Å². The minimum atomic E-state index is -1.67. The normalized spacial score (nSPS) is 31.0. The fourth-order valence-corrected chi connectivity index (χ4v) is 5.46. The largest absolute Gasteiger partial charge is 0.502 e. The van der Waals surface area contributed by atoms with Crippen molar-refractivity contribution in [2.24, 2.45) is 11.8 Å². The highest BCUT2D eigenvalue weighted by atomic mass is 16.7. The predicted octanol–water partition coefficient (Wildman–Crippen LogP) is -0.365. The number of aliphatic hydroxyl groups is 6. The molecular weight excluding hydrogens is 560 g/mol. The van der Waals surface area contributed by atoms with Crippen molar-refractivity contribution in [2.75, 3.05) is 48.3 Å². The van der Waals surface area contributed by atoms with Crippen molar-refractivity contribution < 1.29 is 68.9 Å². The molecule has 0 spiro atoms. The summed E-state index contributed by atoms with van der Waals surface area (Å²) in [4.78, 5) is 0. The molecule has 0 saturated carbocycles. The molecule has 14 heteroatoms. The van der Waals surface area contributed by atoms with Gasteiger partial charge >= 0.3 is 0 Å². The first-order valence-corrected chi connectivity index (χ1v) is 13.2. The highest BCUT2D eigenvalue weighted by molar-refractivity contribution is 5.55. The van der Waals surface area contributed by atoms with Gasteiger partial charge in [-0.2, -0.15) is 0 Å². The topological polar surface area (TPSA) is 206 Å². The second-order valence-electron chi connectivity index (χ2n) is 10.0. The summed E-state index contributed by atoms with van der Waals surface area (Å²) in [5, 5.41) is 71.3. The molecular formula is C28H38O14. The Labute approximate surface area is 242 Å². The average Bonchev–Trinajstić information content (AvgIpc) is 3.39. The number of aromatic hydroxyl groups is 1. The molecule has 234 valence electrons. The average molecular weight is 599 g/mol. The lowest BCUT2D eigenvalue weighted by Crippen LogP contribution is -2.60. The van der Waals surface area contributed by atoms with Crippen molar-refractivity contribution in [1.29, 1.82) is 0 Å². The summed E-state index contributed by atoms with van der Waals surface area (Å²) in [6.07, 6.45) is -9.07. The lowest BCUT2D eigenvalue weighted by Gasteiger charge is -2.39. The molecule has 0 bridgehead atoms. The second-order valence-corrected chi connectivity index (χ2v) is 10.0. The van der Waals surface area contributed by atoms with Crippen molar-refractivity contribution in [3.8, 4) is 34.5 Å². The minimum Gasteiger partial charge on any atom is -0.502 e. The van der Waals surface area contributed by atoms with Crippen LogP contribution >= 0.6 is 0 Å². The fraction of sp³-hybridized carbons (Fsp3) is 0.571. The van der Waals surface area contributed by atoms with Gasteiger partial charge in [0.1, 0.15) is 24.4 Å². The Morgan fingerprint density at radius 3 is 1.48 bits per heavy atom. The van der Waals surface area contributed by atoms with Gasteiger partial charge in [-0.3, -0.25) is 0 Å². The molecule has 42 heavy (non-hydrogen) atoms. The van der Waals surface area contributed by atoms with Crippen LogP contribution in [-0.4, -0.2) is 115 Å². The van der Waals surface area contributed by atoms with Crippen LogP contribution in [0.15, 0.2) is 24.3 Å². The van der Waals surface area contributed by atoms with Gasteiger partial charge in [0, 0.05) is 25.0 Å². The van der Waals surface area contributed by atoms with Crippen LogP contribution in [0.2, 0.25) is 0 Å². The van der Waals surface area contributed by atoms with Crippen LogP contribution in [0.1, 0.15) is 23.3 Å². The molecule has 7 N–H and O–H groups in total. The number of phenolic OH excluding ortho intramolecular Hbond substituents is 1. The molecule has 2 aliphatic rings. The van der Waals surface area contributed by atoms with Gasteiger partial charge in [0.25, 0.3) is 0 Å². The van der Waals surface area contributed by atoms with Crippen LogP contribution in [0.4, 0.5) is 0 Å². The lowest BCUT2D eigenvalue weighted by atomic mass is 9.83. The molecule has 2 aromatic rings. The van der Waals surface area contributed by atoms with Gasteiger partial charge in [0.2, 0.25) is 17.8 Å². The van der Waals surface area contributed by atoms with Crippen LogP contribution in [0, 0.1) is 11.8 Å². The number of rotatable bonds is 11. The maximum absolute atomic E-state index is 10.5. The number of benzene rings is 2. The molecule has 14 nitrogen and oxygen atoms in total. The van der Waals surface area contributed by atoms with E-state index < -0.39 is 61.4 Å². The Balaban J connectivity index is 1.70. The number of methoxy groups -OCH3 is 4. The van der Waals surface area contributed by atoms with E-state index in [1.807, 2.05) is 0 Å². The van der Waals surface area contributed by atoms with E-state index in [2.05, 4.69) is 0 Å². The van der Waals surface area contributed by atoms with E-state index in [0.29, 0.717) is 11.1 Å². The van der Waals surface area contributed by atoms with Gasteiger partial charge in [-0.05, 0) is 35.4 Å². The number of phenols is 1. The number of hydrogen-bond donors (Lipinski definition) is 7. The van der Waals surface area contributed by atoms with Crippen molar-refractivity contribution in [1.82, 2.24) is 0 Å². The van der Waals surface area contributed by atoms with E-state index in [4.69, 9.17) is 33.2 Å². The van der Waals surface area contributed by atoms with Gasteiger partial charge in [-0.25, -0.2) is 0 Å². The zero-order valence-corrected chi connectivity index (χ0v) is 23.6. The third kappa shape index (κ3) is 5.76. The van der Waals surface area contributed by atoms with Gasteiger partial charge in [-0.1, -0.05) is 0 Å². The lowest BCUT2D eigenvalue weighted by molar-refractivity contribution is -0.277. The molecule has 2 heterocycles. The first-order valence-electron chi connectivity index (χ1n) is 13.2. The predicted molar refractivity (Wildman–Crippen MR) is 143 cm³/mol. The summed E-state index contributed by atoms with van der Waals surface area (Å²) in [5.74, 6) is -0.814. The molecule has 9 atom stereocenters. The van der Waals surface area contributed by atoms with Crippen molar-refractivity contribution in [2.45, 2.75) is 42.9 Å². The standard InChI is InChI=1S/C28H38O14/c1-36-16-5-12(6-17(37-2)21(16)32)25-14(9-29)15(10-30)26(41-25)13-7-18(38-3)27(19(8-13)39-4)42-28-24(35)23(34)22(33)20(11-31)40-28/h5-8,14-15,20,22-26,28-35H,9-11H2,1-4H3/t14-,15-,20-,22-,23+,24-,25-,26-,28+/m1/s1. The van der Waals surface area contributed by atoms with Crippen LogP contribution < -0.4 is 23.7 Å². The zero-order valence-electron chi connectivity index (χ0n) is 23.6. The van der Waals surface area contributed by atoms with E-state index >= 15 is 0 Å². The van der Waals surface area contributed by atoms with Gasteiger partial charge in [0.05, 0.1) is 47.3 Å². The molecule has 2 aliphatic heterocycles. The van der Waals surface area contributed by atoms with E-state index in [-0.39, 0.29) is 47.7 Å². The number of hydrogen-bond acceptors (Lipinski definition) is 14. The molecule has 4 rings (SSSR count). The maximum atomic E-state index is 10.5. The summed E-state index contributed by atoms with van der Waals surface area (Å²) < 4.78 is 39.4. The van der Waals surface area contributed by atoms with E-state index in [9.17, 15) is 35.7 Å². The number of ether oxygens (including phenoxy) is 7. The monoisotopic (exact) mass is 598 g/mol. The first kappa shape index (κ1) is 31.8. The van der Waals surface area contributed by atoms with E-state index in [0.717, 1.165) is 0 Å². The summed E-state index contributed by atoms with van der Waals surface area (Å²) >= 11 is 0. The molecule has 0 unspecified atom stereocenters. The van der Waals surface area contributed by atoms with Gasteiger partial charge < -0.3 is 68.9 Å². The van der Waals surface area contributed by atoms with E-state index in [1.165, 1.54) is 28.4 Å². The number of aliphatic hydroxyl groups excluding tert-OH is 6. The highest BCUT2D eigenvalue weighted by Crippen LogP contribution is 2.53. The van der Waals surface area contributed by atoms with Gasteiger partial charge in [-0.15, -0.1) is 0 Å². The van der Waals surface area contributed by atoms with Crippen LogP contribution in [0.5, 0.6) is 34.5 Å². The molecule has 2 aromatic carbocycles. The van der Waals surface area contributed by atoms with Crippen molar-refractivity contribution in [3.05, 3.63) is 35.4 Å². The van der Waals surface area contributed by atoms with E-state index in [1.54, 1.807) is 24.3 Å². The fourth-order valence-electron chi connectivity index (χ4n) is 5.46. The SMILES string of the molecule is COc1cc([C@H]2O[C@H](c3cc(OC)c(O[C@@H]4O[C@H](CO)[C@@H](O)[C@H](O)[C@H]4O)c(OC)c3)[C@H](CO)[C@H]2CO)cc(OC)c1O. The molecule has 0 aromatic heterocycles. The summed E-state index contributed by atoms with van der Waals surface area (Å²) in [7, 11) is 5.52. The minimum absolute atomic E-state index is 0.00473. The second kappa shape index (κ2) is 13.5. The maximum Gasteiger partial charge on any atom is 0.229 e. The Hall–Kier alpha value is -3.08.